The first-order valence-electron chi connectivity index (χ1n) is 4.27. The molecule has 0 bridgehead atoms. The minimum Gasteiger partial charge on any atom is -0.480 e. The van der Waals surface area contributed by atoms with Crippen LogP contribution in [0.4, 0.5) is 0 Å². The van der Waals surface area contributed by atoms with Crippen LogP contribution in [0.3, 0.4) is 0 Å². The van der Waals surface area contributed by atoms with E-state index in [0.717, 1.165) is 5.75 Å². The van der Waals surface area contributed by atoms with E-state index in [-0.39, 0.29) is 0 Å². The SMILES string of the molecule is CSCCC(N)C(=O)O.C[Si](C)(O)OO. The molecule has 0 aliphatic carbocycles. The highest BCUT2D eigenvalue weighted by Crippen LogP contribution is 1.97. The molecule has 15 heavy (non-hydrogen) atoms. The van der Waals surface area contributed by atoms with Gasteiger partial charge in [0, 0.05) is 0 Å². The molecule has 0 saturated carbocycles. The van der Waals surface area contributed by atoms with Gasteiger partial charge in [-0.2, -0.15) is 11.8 Å². The van der Waals surface area contributed by atoms with Crippen molar-refractivity contribution in [1.82, 2.24) is 0 Å². The van der Waals surface area contributed by atoms with Gasteiger partial charge < -0.3 is 15.6 Å². The number of thioether (sulfide) groups is 1. The molecule has 0 heterocycles. The number of aliphatic carboxylic acids is 1. The predicted molar refractivity (Wildman–Crippen MR) is 62.0 cm³/mol. The zero-order valence-corrected chi connectivity index (χ0v) is 11.0. The zero-order valence-electron chi connectivity index (χ0n) is 9.14. The van der Waals surface area contributed by atoms with Crippen LogP contribution in [0, 0.1) is 0 Å². The summed E-state index contributed by atoms with van der Waals surface area (Å²) in [5, 5.41) is 16.0. The van der Waals surface area contributed by atoms with E-state index in [2.05, 4.69) is 4.58 Å². The molecule has 0 aromatic carbocycles. The van der Waals surface area contributed by atoms with Gasteiger partial charge in [-0.25, -0.2) is 0 Å². The van der Waals surface area contributed by atoms with Crippen LogP contribution < -0.4 is 5.73 Å². The van der Waals surface area contributed by atoms with Gasteiger partial charge in [-0.05, 0) is 31.5 Å². The highest BCUT2D eigenvalue weighted by molar-refractivity contribution is 7.98. The van der Waals surface area contributed by atoms with Crippen molar-refractivity contribution in [3.63, 3.8) is 0 Å². The van der Waals surface area contributed by atoms with Gasteiger partial charge in [-0.3, -0.25) is 14.6 Å². The van der Waals surface area contributed by atoms with Crippen LogP contribution in [0.15, 0.2) is 0 Å². The Morgan fingerprint density at radius 3 is 2.20 bits per heavy atom. The molecule has 0 rings (SSSR count). The van der Waals surface area contributed by atoms with Crippen molar-refractivity contribution < 1.29 is 24.5 Å². The number of carbonyl (C=O) groups is 1. The van der Waals surface area contributed by atoms with Crippen LogP contribution in [0.2, 0.25) is 13.1 Å². The summed E-state index contributed by atoms with van der Waals surface area (Å²) in [4.78, 5) is 18.6. The topological polar surface area (TPSA) is 113 Å². The molecule has 0 radical (unpaired) electrons. The van der Waals surface area contributed by atoms with Crippen molar-refractivity contribution in [2.75, 3.05) is 12.0 Å². The maximum absolute atomic E-state index is 10.1. The van der Waals surface area contributed by atoms with Gasteiger partial charge in [0.05, 0.1) is 0 Å². The second kappa shape index (κ2) is 9.13. The van der Waals surface area contributed by atoms with Crippen LogP contribution in [0.5, 0.6) is 0 Å². The fourth-order valence-corrected chi connectivity index (χ4v) is 0.858. The first-order chi connectivity index (χ1) is 6.74. The average Bonchev–Trinajstić information content (AvgIpc) is 2.13. The third kappa shape index (κ3) is 16.5. The fraction of sp³-hybridized carbons (Fsp3) is 0.857. The maximum atomic E-state index is 10.1. The van der Waals surface area contributed by atoms with E-state index in [0.29, 0.717) is 6.42 Å². The standard InChI is InChI=1S/C5H11NO2S.C2H8O3Si/c1-9-3-2-4(6)5(7)8;1-6(2,4)5-3/h4H,2-3,6H2,1H3,(H,7,8);3-4H,1-2H3. The van der Waals surface area contributed by atoms with Crippen LogP contribution >= 0.6 is 11.8 Å². The number of hydrogen-bond donors (Lipinski definition) is 4. The summed E-state index contributed by atoms with van der Waals surface area (Å²) in [6.45, 7) is 2.93. The van der Waals surface area contributed by atoms with E-state index >= 15 is 0 Å². The molecule has 0 fully saturated rings. The maximum Gasteiger partial charge on any atom is 0.366 e. The smallest absolute Gasteiger partial charge is 0.366 e. The van der Waals surface area contributed by atoms with Crippen LogP contribution in [0.25, 0.3) is 0 Å². The van der Waals surface area contributed by atoms with Gasteiger partial charge in [0.2, 0.25) is 0 Å². The highest BCUT2D eigenvalue weighted by atomic mass is 32.2. The minimum atomic E-state index is -2.58. The summed E-state index contributed by atoms with van der Waals surface area (Å²) < 4.78 is 3.63. The first kappa shape index (κ1) is 17.3. The molecular formula is C7H19NO5SSi. The molecule has 0 aromatic heterocycles. The average molecular weight is 257 g/mol. The Kier molecular flexibility index (Phi) is 10.5. The lowest BCUT2D eigenvalue weighted by Gasteiger charge is -2.04. The summed E-state index contributed by atoms with van der Waals surface area (Å²) in [5.74, 6) is -0.1000. The molecule has 0 amide bonds. The molecule has 5 N–H and O–H groups in total. The summed E-state index contributed by atoms with van der Waals surface area (Å²) in [7, 11) is -2.58. The van der Waals surface area contributed by atoms with Crippen molar-refractivity contribution >= 4 is 26.3 Å². The predicted octanol–water partition coefficient (Wildman–Crippen LogP) is 0.321. The molecule has 0 aliphatic rings. The van der Waals surface area contributed by atoms with Gasteiger partial charge in [-0.15, -0.1) is 0 Å². The van der Waals surface area contributed by atoms with Crippen molar-refractivity contribution in [3.05, 3.63) is 0 Å². The quantitative estimate of drug-likeness (QED) is 0.319. The zero-order chi connectivity index (χ0) is 12.5. The lowest BCUT2D eigenvalue weighted by Crippen LogP contribution is -2.30. The number of nitrogens with two attached hydrogens (primary N) is 1. The lowest BCUT2D eigenvalue weighted by atomic mass is 10.2. The first-order valence-corrected chi connectivity index (χ1v) is 8.51. The third-order valence-electron chi connectivity index (χ3n) is 1.17. The van der Waals surface area contributed by atoms with E-state index in [9.17, 15) is 4.79 Å². The lowest BCUT2D eigenvalue weighted by molar-refractivity contribution is -0.164. The summed E-state index contributed by atoms with van der Waals surface area (Å²) in [6.07, 6.45) is 2.48. The van der Waals surface area contributed by atoms with Gasteiger partial charge in [0.15, 0.2) is 0 Å². The van der Waals surface area contributed by atoms with Crippen LogP contribution in [0.1, 0.15) is 6.42 Å². The van der Waals surface area contributed by atoms with E-state index < -0.39 is 20.6 Å². The van der Waals surface area contributed by atoms with E-state index in [1.807, 2.05) is 6.26 Å². The molecular weight excluding hydrogens is 238 g/mol. The molecule has 0 saturated heterocycles. The third-order valence-corrected chi connectivity index (χ3v) is 2.26. The molecule has 6 nitrogen and oxygen atoms in total. The molecule has 8 heteroatoms. The number of carboxylic acids is 1. The van der Waals surface area contributed by atoms with Gasteiger partial charge in [0.25, 0.3) is 0 Å². The Labute approximate surface area is 94.6 Å². The normalized spacial score (nSPS) is 12.7. The monoisotopic (exact) mass is 257 g/mol. The second-order valence-corrected chi connectivity index (χ2v) is 7.33. The summed E-state index contributed by atoms with van der Waals surface area (Å²) >= 11 is 1.60. The molecule has 0 aromatic rings. The summed E-state index contributed by atoms with van der Waals surface area (Å²) in [6, 6.07) is -0.683. The minimum absolute atomic E-state index is 0.552. The summed E-state index contributed by atoms with van der Waals surface area (Å²) in [5.41, 5.74) is 5.19. The van der Waals surface area contributed by atoms with Crippen molar-refractivity contribution in [3.8, 4) is 0 Å². The van der Waals surface area contributed by atoms with Crippen molar-refractivity contribution in [2.24, 2.45) is 5.73 Å². The largest absolute Gasteiger partial charge is 0.480 e. The highest BCUT2D eigenvalue weighted by Gasteiger charge is 2.17. The molecule has 1 atom stereocenters. The molecule has 0 aliphatic heterocycles. The van der Waals surface area contributed by atoms with Gasteiger partial charge in [-0.1, -0.05) is 0 Å². The molecule has 92 valence electrons. The Bertz CT molecular complexity index is 175. The van der Waals surface area contributed by atoms with E-state index in [1.165, 1.54) is 13.1 Å². The molecule has 1 unspecified atom stereocenters. The Hall–Kier alpha value is -0.123. The van der Waals surface area contributed by atoms with E-state index in [4.69, 9.17) is 20.9 Å². The number of carboxylic acid groups (broad SMARTS) is 1. The number of hydrogen-bond acceptors (Lipinski definition) is 6. The van der Waals surface area contributed by atoms with Gasteiger partial charge >= 0.3 is 14.5 Å². The van der Waals surface area contributed by atoms with E-state index in [1.54, 1.807) is 11.8 Å². The van der Waals surface area contributed by atoms with Crippen LogP contribution in [-0.4, -0.2) is 47.7 Å². The molecule has 0 spiro atoms. The van der Waals surface area contributed by atoms with Crippen LogP contribution in [-0.2, 0) is 9.37 Å². The van der Waals surface area contributed by atoms with Crippen molar-refractivity contribution in [2.45, 2.75) is 25.6 Å². The fourth-order valence-electron chi connectivity index (χ4n) is 0.368. The number of rotatable bonds is 5. The van der Waals surface area contributed by atoms with Crippen molar-refractivity contribution in [1.29, 1.82) is 0 Å². The Morgan fingerprint density at radius 2 is 2.00 bits per heavy atom. The second-order valence-electron chi connectivity index (χ2n) is 3.26. The Balaban J connectivity index is 0. The Morgan fingerprint density at radius 1 is 1.60 bits per heavy atom. The van der Waals surface area contributed by atoms with Gasteiger partial charge in [0.1, 0.15) is 6.04 Å².